The second kappa shape index (κ2) is 5.07. The fourth-order valence-corrected chi connectivity index (χ4v) is 1.59. The molecule has 0 saturated carbocycles. The van der Waals surface area contributed by atoms with Gasteiger partial charge in [0.15, 0.2) is 0 Å². The Morgan fingerprint density at radius 1 is 1.56 bits per heavy atom. The van der Waals surface area contributed by atoms with Crippen LogP contribution in [0.2, 0.25) is 0 Å². The summed E-state index contributed by atoms with van der Waals surface area (Å²) in [5, 5.41) is 11.5. The quantitative estimate of drug-likeness (QED) is 0.814. The molecule has 0 aliphatic rings. The smallest absolute Gasteiger partial charge is 0.309 e. The van der Waals surface area contributed by atoms with Crippen molar-refractivity contribution < 1.29 is 14.7 Å². The number of hydrogen-bond acceptors (Lipinski definition) is 4. The van der Waals surface area contributed by atoms with Crippen LogP contribution in [0.15, 0.2) is 11.7 Å². The molecule has 16 heavy (non-hydrogen) atoms. The van der Waals surface area contributed by atoms with Crippen molar-refractivity contribution in [2.24, 2.45) is 5.41 Å². The van der Waals surface area contributed by atoms with Crippen LogP contribution in [0.3, 0.4) is 0 Å². The van der Waals surface area contributed by atoms with E-state index >= 15 is 0 Å². The van der Waals surface area contributed by atoms with E-state index in [0.717, 1.165) is 4.88 Å². The summed E-state index contributed by atoms with van der Waals surface area (Å²) < 4.78 is 0. The largest absolute Gasteiger partial charge is 0.481 e. The van der Waals surface area contributed by atoms with E-state index in [0.29, 0.717) is 6.54 Å². The third-order valence-corrected chi connectivity index (χ3v) is 2.90. The number of hydrogen-bond donors (Lipinski definition) is 2. The molecule has 0 radical (unpaired) electrons. The van der Waals surface area contributed by atoms with Gasteiger partial charge in [-0.05, 0) is 13.8 Å². The number of aliphatic carboxylic acids is 1. The van der Waals surface area contributed by atoms with E-state index in [2.05, 4.69) is 10.3 Å². The van der Waals surface area contributed by atoms with E-state index in [-0.39, 0.29) is 12.3 Å². The highest BCUT2D eigenvalue weighted by Gasteiger charge is 2.29. The van der Waals surface area contributed by atoms with E-state index in [1.807, 2.05) is 0 Å². The van der Waals surface area contributed by atoms with Gasteiger partial charge in [0.1, 0.15) is 0 Å². The number of nitrogens with zero attached hydrogens (tertiary/aromatic N) is 1. The van der Waals surface area contributed by atoms with Gasteiger partial charge in [-0.25, -0.2) is 0 Å². The number of carboxylic acid groups (broad SMARTS) is 1. The molecule has 0 aliphatic heterocycles. The van der Waals surface area contributed by atoms with Crippen molar-refractivity contribution in [3.05, 3.63) is 16.6 Å². The molecule has 0 aliphatic carbocycles. The third kappa shape index (κ3) is 3.62. The van der Waals surface area contributed by atoms with Gasteiger partial charge >= 0.3 is 5.97 Å². The summed E-state index contributed by atoms with van der Waals surface area (Å²) in [6.45, 7) is 3.46. The maximum atomic E-state index is 11.5. The van der Waals surface area contributed by atoms with E-state index in [9.17, 15) is 9.59 Å². The highest BCUT2D eigenvalue weighted by Crippen LogP contribution is 2.20. The van der Waals surface area contributed by atoms with Gasteiger partial charge in [-0.1, -0.05) is 0 Å². The van der Waals surface area contributed by atoms with Crippen LogP contribution in [0.1, 0.15) is 25.1 Å². The minimum atomic E-state index is -1.03. The highest BCUT2D eigenvalue weighted by molar-refractivity contribution is 7.09. The molecule has 1 aromatic rings. The molecule has 0 saturated heterocycles. The minimum Gasteiger partial charge on any atom is -0.481 e. The number of thiazole rings is 1. The summed E-state index contributed by atoms with van der Waals surface area (Å²) >= 11 is 1.45. The Hall–Kier alpha value is -1.43. The van der Waals surface area contributed by atoms with Crippen molar-refractivity contribution in [3.8, 4) is 0 Å². The van der Waals surface area contributed by atoms with Crippen LogP contribution in [0.5, 0.6) is 0 Å². The Kier molecular flexibility index (Phi) is 4.00. The molecule has 0 unspecified atom stereocenters. The van der Waals surface area contributed by atoms with Crippen LogP contribution in [0, 0.1) is 5.41 Å². The summed E-state index contributed by atoms with van der Waals surface area (Å²) in [5.41, 5.74) is 0.653. The average Bonchev–Trinajstić information content (AvgIpc) is 2.66. The van der Waals surface area contributed by atoms with Crippen molar-refractivity contribution in [1.29, 1.82) is 0 Å². The normalized spacial score (nSPS) is 11.1. The fourth-order valence-electron chi connectivity index (χ4n) is 1.05. The number of amides is 1. The van der Waals surface area contributed by atoms with Crippen molar-refractivity contribution >= 4 is 23.2 Å². The number of carbonyl (C=O) groups is 2. The van der Waals surface area contributed by atoms with Gasteiger partial charge in [0.2, 0.25) is 5.91 Å². The zero-order valence-electron chi connectivity index (χ0n) is 9.19. The molecule has 2 N–H and O–H groups in total. The first kappa shape index (κ1) is 12.6. The van der Waals surface area contributed by atoms with E-state index in [1.165, 1.54) is 25.2 Å². The molecule has 0 aromatic carbocycles. The Morgan fingerprint density at radius 3 is 2.75 bits per heavy atom. The zero-order valence-corrected chi connectivity index (χ0v) is 10.0. The Bertz CT molecular complexity index is 373. The first-order chi connectivity index (χ1) is 7.42. The summed E-state index contributed by atoms with van der Waals surface area (Å²) in [4.78, 5) is 27.1. The van der Waals surface area contributed by atoms with Gasteiger partial charge in [0.05, 0.1) is 17.5 Å². The minimum absolute atomic E-state index is 0.0266. The van der Waals surface area contributed by atoms with Crippen LogP contribution in [-0.2, 0) is 16.1 Å². The van der Waals surface area contributed by atoms with Crippen LogP contribution in [-0.4, -0.2) is 22.0 Å². The number of rotatable bonds is 5. The standard InChI is InChI=1S/C10H14N2O3S/c1-10(2,9(14)15)3-8(13)12-5-7-4-11-6-16-7/h4,6H,3,5H2,1-2H3,(H,12,13)(H,14,15). The first-order valence-electron chi connectivity index (χ1n) is 4.79. The second-order valence-electron chi connectivity index (χ2n) is 4.11. The van der Waals surface area contributed by atoms with Gasteiger partial charge in [0.25, 0.3) is 0 Å². The highest BCUT2D eigenvalue weighted by atomic mass is 32.1. The Morgan fingerprint density at radius 2 is 2.25 bits per heavy atom. The summed E-state index contributed by atoms with van der Waals surface area (Å²) in [6.07, 6.45) is 1.65. The lowest BCUT2D eigenvalue weighted by molar-refractivity contribution is -0.149. The van der Waals surface area contributed by atoms with Crippen LogP contribution < -0.4 is 5.32 Å². The van der Waals surface area contributed by atoms with E-state index in [1.54, 1.807) is 11.7 Å². The number of carbonyl (C=O) groups excluding carboxylic acids is 1. The Labute approximate surface area is 97.5 Å². The van der Waals surface area contributed by atoms with Crippen LogP contribution >= 0.6 is 11.3 Å². The molecule has 0 fully saturated rings. The SMILES string of the molecule is CC(C)(CC(=O)NCc1cncs1)C(=O)O. The predicted octanol–water partition coefficient (Wildman–Crippen LogP) is 1.26. The molecular weight excluding hydrogens is 228 g/mol. The lowest BCUT2D eigenvalue weighted by Crippen LogP contribution is -2.32. The topological polar surface area (TPSA) is 79.3 Å². The van der Waals surface area contributed by atoms with Crippen LogP contribution in [0.25, 0.3) is 0 Å². The molecule has 88 valence electrons. The average molecular weight is 242 g/mol. The predicted molar refractivity (Wildman–Crippen MR) is 60.0 cm³/mol. The molecule has 6 heteroatoms. The molecule has 1 heterocycles. The summed E-state index contributed by atoms with van der Waals surface area (Å²) in [6, 6.07) is 0. The molecule has 5 nitrogen and oxygen atoms in total. The van der Waals surface area contributed by atoms with Gasteiger partial charge < -0.3 is 10.4 Å². The van der Waals surface area contributed by atoms with Gasteiger partial charge in [-0.15, -0.1) is 11.3 Å². The lowest BCUT2D eigenvalue weighted by Gasteiger charge is -2.17. The van der Waals surface area contributed by atoms with E-state index < -0.39 is 11.4 Å². The zero-order chi connectivity index (χ0) is 12.2. The lowest BCUT2D eigenvalue weighted by atomic mass is 9.89. The van der Waals surface area contributed by atoms with Gasteiger partial charge in [0, 0.05) is 17.5 Å². The summed E-state index contributed by atoms with van der Waals surface area (Å²) in [7, 11) is 0. The fraction of sp³-hybridized carbons (Fsp3) is 0.500. The monoisotopic (exact) mass is 242 g/mol. The molecule has 1 aromatic heterocycles. The first-order valence-corrected chi connectivity index (χ1v) is 5.67. The molecule has 0 atom stereocenters. The summed E-state index contributed by atoms with van der Waals surface area (Å²) in [5.74, 6) is -1.23. The molecular formula is C10H14N2O3S. The maximum absolute atomic E-state index is 11.5. The molecule has 0 spiro atoms. The number of carboxylic acids is 1. The van der Waals surface area contributed by atoms with Crippen molar-refractivity contribution in [1.82, 2.24) is 10.3 Å². The number of aromatic nitrogens is 1. The van der Waals surface area contributed by atoms with Crippen molar-refractivity contribution in [3.63, 3.8) is 0 Å². The Balaban J connectivity index is 2.39. The maximum Gasteiger partial charge on any atom is 0.309 e. The molecule has 0 bridgehead atoms. The van der Waals surface area contributed by atoms with Gasteiger partial charge in [-0.2, -0.15) is 0 Å². The molecule has 1 rings (SSSR count). The van der Waals surface area contributed by atoms with Crippen molar-refractivity contribution in [2.45, 2.75) is 26.8 Å². The van der Waals surface area contributed by atoms with Crippen molar-refractivity contribution in [2.75, 3.05) is 0 Å². The number of nitrogens with one attached hydrogen (secondary N) is 1. The third-order valence-electron chi connectivity index (χ3n) is 2.12. The second-order valence-corrected chi connectivity index (χ2v) is 5.08. The van der Waals surface area contributed by atoms with Gasteiger partial charge in [-0.3, -0.25) is 14.6 Å². The van der Waals surface area contributed by atoms with Crippen LogP contribution in [0.4, 0.5) is 0 Å². The molecule has 1 amide bonds. The van der Waals surface area contributed by atoms with E-state index in [4.69, 9.17) is 5.11 Å².